The maximum Gasteiger partial charge on any atom is 0.297 e. The van der Waals surface area contributed by atoms with Gasteiger partial charge in [-0.15, -0.1) is 0 Å². The first-order valence-corrected chi connectivity index (χ1v) is 23.1. The van der Waals surface area contributed by atoms with Crippen LogP contribution in [0, 0.1) is 20.8 Å². The fraction of sp³-hybridized carbons (Fsp3) is 0.321. The molecular weight excluding hydrogens is 813 g/mol. The zero-order chi connectivity index (χ0) is 44.2. The molecule has 0 amide bonds. The molecule has 0 atom stereocenters. The maximum absolute atomic E-state index is 12.2. The molecule has 0 fully saturated rings. The van der Waals surface area contributed by atoms with E-state index in [0.717, 1.165) is 41.0 Å². The van der Waals surface area contributed by atoms with Crippen molar-refractivity contribution in [1.82, 2.24) is 0 Å². The van der Waals surface area contributed by atoms with E-state index < -0.39 is 15.5 Å². The Morgan fingerprint density at radius 2 is 0.889 bits per heavy atom. The smallest absolute Gasteiger partial charge is 0.297 e. The molecule has 10 heteroatoms. The molecule has 0 N–H and O–H groups in total. The third-order valence-corrected chi connectivity index (χ3v) is 12.0. The van der Waals surface area contributed by atoms with Gasteiger partial charge in [0.25, 0.3) is 10.1 Å². The minimum atomic E-state index is -3.78. The Bertz CT molecular complexity index is 2220. The number of hydrogen-bond acceptors (Lipinski definition) is 9. The van der Waals surface area contributed by atoms with Gasteiger partial charge in [-0.3, -0.25) is 4.18 Å². The largest absolute Gasteiger partial charge is 0.490 e. The lowest BCUT2D eigenvalue weighted by Crippen LogP contribution is -2.31. The minimum Gasteiger partial charge on any atom is -0.490 e. The van der Waals surface area contributed by atoms with Crippen LogP contribution in [0.3, 0.4) is 0 Å². The van der Waals surface area contributed by atoms with E-state index in [1.165, 1.54) is 39.9 Å². The molecular formula is C53H60O9S. The highest BCUT2D eigenvalue weighted by molar-refractivity contribution is 7.86. The van der Waals surface area contributed by atoms with E-state index in [1.807, 2.05) is 19.1 Å². The van der Waals surface area contributed by atoms with Gasteiger partial charge in [-0.25, -0.2) is 0 Å². The minimum absolute atomic E-state index is 0.0571. The van der Waals surface area contributed by atoms with Crippen LogP contribution in [0.4, 0.5) is 0 Å². The highest BCUT2D eigenvalue weighted by Gasteiger charge is 2.38. The van der Waals surface area contributed by atoms with Crippen LogP contribution < -0.4 is 9.47 Å². The first-order chi connectivity index (χ1) is 30.8. The zero-order valence-electron chi connectivity index (χ0n) is 36.7. The highest BCUT2D eigenvalue weighted by atomic mass is 32.2. The van der Waals surface area contributed by atoms with Gasteiger partial charge in [0.15, 0.2) is 0 Å². The molecule has 6 aromatic carbocycles. The van der Waals surface area contributed by atoms with Crippen molar-refractivity contribution in [3.63, 3.8) is 0 Å². The van der Waals surface area contributed by atoms with Gasteiger partial charge in [-0.1, -0.05) is 133 Å². The second-order valence-corrected chi connectivity index (χ2v) is 16.9. The van der Waals surface area contributed by atoms with E-state index in [1.54, 1.807) is 12.1 Å². The van der Waals surface area contributed by atoms with Crippen molar-refractivity contribution in [3.05, 3.63) is 196 Å². The molecule has 0 bridgehead atoms. The molecule has 63 heavy (non-hydrogen) atoms. The zero-order valence-corrected chi connectivity index (χ0v) is 37.5. The van der Waals surface area contributed by atoms with Crippen LogP contribution in [0.5, 0.6) is 11.5 Å². The Morgan fingerprint density at radius 1 is 0.444 bits per heavy atom. The Kier molecular flexibility index (Phi) is 18.3. The van der Waals surface area contributed by atoms with Crippen molar-refractivity contribution in [2.24, 2.45) is 0 Å². The fourth-order valence-electron chi connectivity index (χ4n) is 7.63. The molecule has 0 aliphatic heterocycles. The van der Waals surface area contributed by atoms with Crippen molar-refractivity contribution in [1.29, 1.82) is 0 Å². The van der Waals surface area contributed by atoms with E-state index in [0.29, 0.717) is 59.5 Å². The lowest BCUT2D eigenvalue weighted by molar-refractivity contribution is -0.00454. The average molecular weight is 873 g/mol. The first kappa shape index (κ1) is 47.2. The molecule has 0 heterocycles. The molecule has 0 radical (unpaired) electrons. The van der Waals surface area contributed by atoms with Crippen LogP contribution in [0.25, 0.3) is 0 Å². The van der Waals surface area contributed by atoms with E-state index in [9.17, 15) is 8.42 Å². The Balaban J connectivity index is 0.839. The topological polar surface area (TPSA) is 98.8 Å². The van der Waals surface area contributed by atoms with Crippen LogP contribution in [0.2, 0.25) is 0 Å². The number of ether oxygens (including phenoxy) is 6. The monoisotopic (exact) mass is 872 g/mol. The van der Waals surface area contributed by atoms with Gasteiger partial charge >= 0.3 is 0 Å². The Hall–Kier alpha value is -5.33. The summed E-state index contributed by atoms with van der Waals surface area (Å²) in [7, 11) is -3.78. The molecule has 0 spiro atoms. The van der Waals surface area contributed by atoms with E-state index in [2.05, 4.69) is 129 Å². The van der Waals surface area contributed by atoms with Gasteiger partial charge in [0, 0.05) is 6.61 Å². The molecule has 6 aromatic rings. The summed E-state index contributed by atoms with van der Waals surface area (Å²) in [5.74, 6) is 1.70. The number of hydrogen-bond donors (Lipinski definition) is 0. The molecule has 0 saturated carbocycles. The van der Waals surface area contributed by atoms with Crippen molar-refractivity contribution in [3.8, 4) is 11.5 Å². The molecule has 9 nitrogen and oxygen atoms in total. The van der Waals surface area contributed by atoms with Crippen molar-refractivity contribution >= 4 is 10.1 Å². The van der Waals surface area contributed by atoms with Crippen LogP contribution >= 0.6 is 0 Å². The summed E-state index contributed by atoms with van der Waals surface area (Å²) in [4.78, 5) is 0.132. The van der Waals surface area contributed by atoms with E-state index in [4.69, 9.17) is 32.6 Å². The number of aryl methyl sites for hydroxylation is 4. The van der Waals surface area contributed by atoms with Gasteiger partial charge in [0.1, 0.15) is 24.7 Å². The number of rotatable bonds is 27. The van der Waals surface area contributed by atoms with Crippen molar-refractivity contribution in [2.45, 2.75) is 43.9 Å². The summed E-state index contributed by atoms with van der Waals surface area (Å²) in [6, 6.07) is 51.6. The molecule has 0 unspecified atom stereocenters. The molecule has 0 aromatic heterocycles. The third-order valence-electron chi connectivity index (χ3n) is 10.7. The summed E-state index contributed by atoms with van der Waals surface area (Å²) in [5.41, 5.74) is 8.68. The number of benzene rings is 6. The quantitative estimate of drug-likeness (QED) is 0.0285. The van der Waals surface area contributed by atoms with Gasteiger partial charge < -0.3 is 28.4 Å². The molecule has 332 valence electrons. The average Bonchev–Trinajstić information content (AvgIpc) is 3.30. The van der Waals surface area contributed by atoms with Crippen molar-refractivity contribution in [2.75, 3.05) is 72.7 Å². The van der Waals surface area contributed by atoms with E-state index >= 15 is 0 Å². The van der Waals surface area contributed by atoms with Gasteiger partial charge in [-0.05, 0) is 96.8 Å². The van der Waals surface area contributed by atoms with Gasteiger partial charge in [0.2, 0.25) is 0 Å². The van der Waals surface area contributed by atoms with Crippen LogP contribution in [-0.2, 0) is 45.1 Å². The second-order valence-electron chi connectivity index (χ2n) is 15.3. The molecule has 6 rings (SSSR count). The lowest BCUT2D eigenvalue weighted by atomic mass is 9.64. The maximum atomic E-state index is 12.2. The summed E-state index contributed by atoms with van der Waals surface area (Å²) in [6.07, 6.45) is 1.81. The Labute approximate surface area is 374 Å². The molecule has 0 aliphatic rings. The summed E-state index contributed by atoms with van der Waals surface area (Å²) >= 11 is 0. The standard InChI is InChI=1S/C53H60O9S/c1-42-21-27-51(28-22-42)63(54,55)62-39-36-59-35-34-58-33-32-57-31-30-56-29-13-14-45-23-25-50(26-24-45)60-37-38-61-52-43(2)40-49(41-44(52)3)53(46-15-7-4-8-16-46,47-17-9-5-10-18-47)48-19-11-6-12-20-48/h4-12,15-28,40-41H,13-14,29-39H2,1-3H3. The SMILES string of the molecule is Cc1ccc(S(=O)(=O)OCCOCCOCCOCCOCCCc2ccc(OCCOc3c(C)cc(C(c4ccccc4)(c4ccccc4)c4ccccc4)cc3C)cc2)cc1. The summed E-state index contributed by atoms with van der Waals surface area (Å²) < 4.78 is 64.0. The molecule has 0 aliphatic carbocycles. The van der Waals surface area contributed by atoms with Crippen LogP contribution in [-0.4, -0.2) is 81.1 Å². The third kappa shape index (κ3) is 13.6. The van der Waals surface area contributed by atoms with Crippen LogP contribution in [0.1, 0.15) is 50.9 Å². The Morgan fingerprint density at radius 3 is 1.38 bits per heavy atom. The predicted molar refractivity (Wildman–Crippen MR) is 248 cm³/mol. The predicted octanol–water partition coefficient (Wildman–Crippen LogP) is 9.86. The first-order valence-electron chi connectivity index (χ1n) is 21.7. The van der Waals surface area contributed by atoms with Crippen LogP contribution in [0.15, 0.2) is 157 Å². The lowest BCUT2D eigenvalue weighted by Gasteiger charge is -2.37. The fourth-order valence-corrected chi connectivity index (χ4v) is 8.52. The van der Waals surface area contributed by atoms with Gasteiger partial charge in [0.05, 0.1) is 63.2 Å². The molecule has 0 saturated heterocycles. The normalized spacial score (nSPS) is 11.7. The summed E-state index contributed by atoms with van der Waals surface area (Å²) in [6.45, 7) is 10.4. The van der Waals surface area contributed by atoms with Gasteiger partial charge in [-0.2, -0.15) is 8.42 Å². The second kappa shape index (κ2) is 24.5. The summed E-state index contributed by atoms with van der Waals surface area (Å²) in [5, 5.41) is 0. The highest BCUT2D eigenvalue weighted by Crippen LogP contribution is 2.46. The van der Waals surface area contributed by atoms with E-state index in [-0.39, 0.29) is 18.1 Å². The van der Waals surface area contributed by atoms with Crippen molar-refractivity contribution < 1.29 is 41.0 Å².